The number of esters is 1. The summed E-state index contributed by atoms with van der Waals surface area (Å²) < 4.78 is 10.0. The molecule has 0 aliphatic rings. The minimum absolute atomic E-state index is 0.145. The first-order valence-electron chi connectivity index (χ1n) is 7.19. The zero-order valence-corrected chi connectivity index (χ0v) is 13.8. The summed E-state index contributed by atoms with van der Waals surface area (Å²) in [4.78, 5) is 34.6. The number of primary amides is 1. The molecular weight excluding hydrogens is 348 g/mol. The first kappa shape index (κ1) is 18.3. The lowest BCUT2D eigenvalue weighted by molar-refractivity contribution is -0.149. The second-order valence-electron chi connectivity index (χ2n) is 4.84. The topological polar surface area (TPSA) is 108 Å². The van der Waals surface area contributed by atoms with Crippen LogP contribution in [0.15, 0.2) is 48.5 Å². The molecule has 0 heterocycles. The molecular formula is C17H15ClN2O5. The van der Waals surface area contributed by atoms with Gasteiger partial charge in [-0.15, -0.1) is 0 Å². The van der Waals surface area contributed by atoms with Crippen LogP contribution in [0.4, 0.5) is 5.69 Å². The van der Waals surface area contributed by atoms with Gasteiger partial charge in [-0.1, -0.05) is 35.9 Å². The van der Waals surface area contributed by atoms with Gasteiger partial charge in [0, 0.05) is 0 Å². The molecule has 8 heteroatoms. The molecule has 0 unspecified atom stereocenters. The average molecular weight is 363 g/mol. The van der Waals surface area contributed by atoms with E-state index in [0.717, 1.165) is 0 Å². The minimum atomic E-state index is -0.770. The lowest BCUT2D eigenvalue weighted by Crippen LogP contribution is -2.24. The normalized spacial score (nSPS) is 9.96. The maximum Gasteiger partial charge on any atom is 0.344 e. The number of hydrogen-bond donors (Lipinski definition) is 2. The van der Waals surface area contributed by atoms with E-state index in [1.165, 1.54) is 12.1 Å². The summed E-state index contributed by atoms with van der Waals surface area (Å²) in [7, 11) is 0. The van der Waals surface area contributed by atoms with E-state index in [9.17, 15) is 14.4 Å². The predicted molar refractivity (Wildman–Crippen MR) is 91.5 cm³/mol. The average Bonchev–Trinajstić information content (AvgIpc) is 2.60. The predicted octanol–water partition coefficient (Wildman–Crippen LogP) is 2.00. The van der Waals surface area contributed by atoms with Gasteiger partial charge in [-0.25, -0.2) is 4.79 Å². The molecule has 0 saturated carbocycles. The summed E-state index contributed by atoms with van der Waals surface area (Å²) in [6, 6.07) is 12.9. The third kappa shape index (κ3) is 5.50. The van der Waals surface area contributed by atoms with Crippen molar-refractivity contribution in [2.75, 3.05) is 18.5 Å². The molecule has 130 valence electrons. The van der Waals surface area contributed by atoms with Gasteiger partial charge >= 0.3 is 5.97 Å². The van der Waals surface area contributed by atoms with Crippen LogP contribution in [0, 0.1) is 0 Å². The second-order valence-corrected chi connectivity index (χ2v) is 5.24. The summed E-state index contributed by atoms with van der Waals surface area (Å²) in [5, 5.41) is 2.88. The largest absolute Gasteiger partial charge is 0.481 e. The Morgan fingerprint density at radius 3 is 2.40 bits per heavy atom. The number of anilines is 1. The quantitative estimate of drug-likeness (QED) is 0.732. The molecule has 7 nitrogen and oxygen atoms in total. The van der Waals surface area contributed by atoms with Crippen molar-refractivity contribution >= 4 is 35.1 Å². The molecule has 0 aromatic heterocycles. The van der Waals surface area contributed by atoms with E-state index in [2.05, 4.69) is 5.32 Å². The van der Waals surface area contributed by atoms with Crippen LogP contribution in [-0.4, -0.2) is 31.0 Å². The number of para-hydroxylation sites is 2. The summed E-state index contributed by atoms with van der Waals surface area (Å²) in [6.45, 7) is -0.964. The van der Waals surface area contributed by atoms with Crippen molar-refractivity contribution in [3.63, 3.8) is 0 Å². The molecule has 25 heavy (non-hydrogen) atoms. The summed E-state index contributed by atoms with van der Waals surface area (Å²) >= 11 is 5.91. The zero-order valence-electron chi connectivity index (χ0n) is 13.0. The summed E-state index contributed by atoms with van der Waals surface area (Å²) in [6.07, 6.45) is 0. The fraction of sp³-hybridized carbons (Fsp3) is 0.118. The van der Waals surface area contributed by atoms with Gasteiger partial charge in [0.15, 0.2) is 13.2 Å². The number of benzene rings is 2. The number of rotatable bonds is 7. The van der Waals surface area contributed by atoms with E-state index >= 15 is 0 Å². The molecule has 2 aromatic carbocycles. The van der Waals surface area contributed by atoms with Gasteiger partial charge in [-0.05, 0) is 24.3 Å². The maximum atomic E-state index is 11.7. The molecule has 0 aliphatic carbocycles. The molecule has 0 spiro atoms. The Hall–Kier alpha value is -3.06. The Balaban J connectivity index is 1.80. The van der Waals surface area contributed by atoms with Crippen LogP contribution >= 0.6 is 11.6 Å². The van der Waals surface area contributed by atoms with Gasteiger partial charge in [0.2, 0.25) is 0 Å². The van der Waals surface area contributed by atoms with Crippen molar-refractivity contribution in [3.8, 4) is 5.75 Å². The Kier molecular flexibility index (Phi) is 6.36. The Morgan fingerprint density at radius 2 is 1.68 bits per heavy atom. The number of halogens is 1. The molecule has 2 amide bonds. The number of nitrogens with one attached hydrogen (secondary N) is 1. The number of nitrogens with two attached hydrogens (primary N) is 1. The molecule has 0 bridgehead atoms. The number of carbonyl (C=O) groups is 3. The van der Waals surface area contributed by atoms with Crippen LogP contribution in [-0.2, 0) is 14.3 Å². The SMILES string of the molecule is NC(=O)c1ccccc1OCC(=O)OCC(=O)Nc1ccccc1Cl. The summed E-state index contributed by atoms with van der Waals surface area (Å²) in [5.74, 6) is -1.83. The Labute approximate surface area is 148 Å². The van der Waals surface area contributed by atoms with E-state index in [0.29, 0.717) is 10.7 Å². The Morgan fingerprint density at radius 1 is 1.00 bits per heavy atom. The third-order valence-corrected chi connectivity index (χ3v) is 3.34. The molecule has 0 fully saturated rings. The highest BCUT2D eigenvalue weighted by Gasteiger charge is 2.13. The molecule has 0 saturated heterocycles. The molecule has 0 radical (unpaired) electrons. The van der Waals surface area contributed by atoms with Gasteiger partial charge in [0.25, 0.3) is 11.8 Å². The number of carbonyl (C=O) groups excluding carboxylic acids is 3. The fourth-order valence-electron chi connectivity index (χ4n) is 1.87. The van der Waals surface area contributed by atoms with Crippen LogP contribution in [0.3, 0.4) is 0 Å². The van der Waals surface area contributed by atoms with E-state index in [1.807, 2.05) is 0 Å². The van der Waals surface area contributed by atoms with Gasteiger partial charge < -0.3 is 20.5 Å². The highest BCUT2D eigenvalue weighted by atomic mass is 35.5. The Bertz CT molecular complexity index is 794. The van der Waals surface area contributed by atoms with Crippen molar-refractivity contribution in [2.45, 2.75) is 0 Å². The monoisotopic (exact) mass is 362 g/mol. The number of hydrogen-bond acceptors (Lipinski definition) is 5. The standard InChI is InChI=1S/C17H15ClN2O5/c18-12-6-2-3-7-13(12)20-15(21)9-25-16(22)10-24-14-8-4-1-5-11(14)17(19)23/h1-8H,9-10H2,(H2,19,23)(H,20,21). The fourth-order valence-corrected chi connectivity index (χ4v) is 2.05. The van der Waals surface area contributed by atoms with Crippen molar-refractivity contribution < 1.29 is 23.9 Å². The van der Waals surface area contributed by atoms with Gasteiger partial charge in [0.1, 0.15) is 5.75 Å². The highest BCUT2D eigenvalue weighted by Crippen LogP contribution is 2.20. The van der Waals surface area contributed by atoms with Crippen LogP contribution in [0.5, 0.6) is 5.75 Å². The van der Waals surface area contributed by atoms with E-state index in [1.54, 1.807) is 36.4 Å². The van der Waals surface area contributed by atoms with Gasteiger partial charge in [-0.2, -0.15) is 0 Å². The molecule has 2 rings (SSSR count). The second kappa shape index (κ2) is 8.70. The van der Waals surface area contributed by atoms with E-state index in [4.69, 9.17) is 26.8 Å². The zero-order chi connectivity index (χ0) is 18.2. The maximum absolute atomic E-state index is 11.7. The smallest absolute Gasteiger partial charge is 0.344 e. The van der Waals surface area contributed by atoms with Crippen LogP contribution in [0.2, 0.25) is 5.02 Å². The van der Waals surface area contributed by atoms with E-state index < -0.39 is 31.0 Å². The van der Waals surface area contributed by atoms with Crippen LogP contribution < -0.4 is 15.8 Å². The van der Waals surface area contributed by atoms with E-state index in [-0.39, 0.29) is 11.3 Å². The molecule has 3 N–H and O–H groups in total. The number of amides is 2. The van der Waals surface area contributed by atoms with Crippen LogP contribution in [0.25, 0.3) is 0 Å². The van der Waals surface area contributed by atoms with Crippen molar-refractivity contribution in [1.29, 1.82) is 0 Å². The van der Waals surface area contributed by atoms with Gasteiger partial charge in [-0.3, -0.25) is 9.59 Å². The molecule has 0 atom stereocenters. The molecule has 2 aromatic rings. The lowest BCUT2D eigenvalue weighted by atomic mass is 10.2. The van der Waals surface area contributed by atoms with Crippen molar-refractivity contribution in [3.05, 3.63) is 59.1 Å². The number of ether oxygens (including phenoxy) is 2. The van der Waals surface area contributed by atoms with Crippen LogP contribution in [0.1, 0.15) is 10.4 Å². The minimum Gasteiger partial charge on any atom is -0.481 e. The van der Waals surface area contributed by atoms with Crippen molar-refractivity contribution in [1.82, 2.24) is 0 Å². The first-order valence-corrected chi connectivity index (χ1v) is 7.57. The molecule has 0 aliphatic heterocycles. The summed E-state index contributed by atoms with van der Waals surface area (Å²) in [5.41, 5.74) is 5.76. The highest BCUT2D eigenvalue weighted by molar-refractivity contribution is 6.33. The third-order valence-electron chi connectivity index (χ3n) is 3.01. The van der Waals surface area contributed by atoms with Gasteiger partial charge in [0.05, 0.1) is 16.3 Å². The van der Waals surface area contributed by atoms with Crippen molar-refractivity contribution in [2.24, 2.45) is 5.73 Å². The first-order chi connectivity index (χ1) is 12.0. The lowest BCUT2D eigenvalue weighted by Gasteiger charge is -2.10.